The van der Waals surface area contributed by atoms with Crippen molar-refractivity contribution in [1.82, 2.24) is 15.0 Å². The smallest absolute Gasteiger partial charge is 0.322 e. The molecule has 1 rings (SSSR count). The first-order valence-corrected chi connectivity index (χ1v) is 4.28. The van der Waals surface area contributed by atoms with E-state index >= 15 is 0 Å². The second-order valence-electron chi connectivity index (χ2n) is 3.02. The van der Waals surface area contributed by atoms with Crippen molar-refractivity contribution in [3.8, 4) is 6.01 Å². The van der Waals surface area contributed by atoms with Crippen LogP contribution in [0.25, 0.3) is 0 Å². The van der Waals surface area contributed by atoms with Crippen molar-refractivity contribution >= 4 is 17.8 Å². The van der Waals surface area contributed by atoms with Crippen LogP contribution >= 0.6 is 0 Å². The topological polar surface area (TPSA) is 80.2 Å². The first-order chi connectivity index (χ1) is 7.02. The van der Waals surface area contributed by atoms with E-state index in [-0.39, 0.29) is 17.9 Å². The minimum atomic E-state index is -0.243. The fourth-order valence-electron chi connectivity index (χ4n) is 0.850. The molecule has 0 saturated heterocycles. The van der Waals surface area contributed by atoms with E-state index in [2.05, 4.69) is 20.3 Å². The second-order valence-corrected chi connectivity index (χ2v) is 3.02. The molecule has 0 aromatic carbocycles. The summed E-state index contributed by atoms with van der Waals surface area (Å²) in [5.41, 5.74) is 0. The molecule has 0 fully saturated rings. The van der Waals surface area contributed by atoms with Gasteiger partial charge in [0.15, 0.2) is 0 Å². The molecule has 0 unspecified atom stereocenters. The van der Waals surface area contributed by atoms with Crippen LogP contribution in [0.5, 0.6) is 6.01 Å². The molecular formula is C8H13N5O2. The first-order valence-electron chi connectivity index (χ1n) is 4.28. The standard InChI is InChI=1S/C8H13N5O2/c1-5(14)9-6-10-7(13(2)3)12-8(11-6)15-4/h1-4H3,(H,9,10,11,12,14). The van der Waals surface area contributed by atoms with Gasteiger partial charge in [0, 0.05) is 21.0 Å². The van der Waals surface area contributed by atoms with Gasteiger partial charge in [0.25, 0.3) is 0 Å². The lowest BCUT2D eigenvalue weighted by molar-refractivity contribution is -0.114. The molecule has 1 aromatic rings. The molecule has 0 aliphatic heterocycles. The van der Waals surface area contributed by atoms with Crippen LogP contribution in [0.15, 0.2) is 0 Å². The van der Waals surface area contributed by atoms with E-state index in [1.165, 1.54) is 14.0 Å². The van der Waals surface area contributed by atoms with Crippen LogP contribution in [0.1, 0.15) is 6.92 Å². The number of carbonyl (C=O) groups excluding carboxylic acids is 1. The van der Waals surface area contributed by atoms with E-state index in [4.69, 9.17) is 4.74 Å². The molecule has 1 aromatic heterocycles. The number of methoxy groups -OCH3 is 1. The predicted molar refractivity (Wildman–Crippen MR) is 55.0 cm³/mol. The summed E-state index contributed by atoms with van der Waals surface area (Å²) >= 11 is 0. The third kappa shape index (κ3) is 3.04. The molecule has 7 nitrogen and oxygen atoms in total. The number of aromatic nitrogens is 3. The van der Waals surface area contributed by atoms with Gasteiger partial charge in [0.2, 0.25) is 17.8 Å². The Hall–Kier alpha value is -1.92. The average molecular weight is 211 g/mol. The molecule has 82 valence electrons. The number of nitrogens with zero attached hydrogens (tertiary/aromatic N) is 4. The summed E-state index contributed by atoms with van der Waals surface area (Å²) in [5.74, 6) is 0.358. The number of ether oxygens (including phenoxy) is 1. The maximum Gasteiger partial charge on any atom is 0.322 e. The Bertz CT molecular complexity index is 366. The minimum Gasteiger partial charge on any atom is -0.467 e. The summed E-state index contributed by atoms with van der Waals surface area (Å²) in [6.45, 7) is 1.38. The fraction of sp³-hybridized carbons (Fsp3) is 0.500. The molecule has 7 heteroatoms. The van der Waals surface area contributed by atoms with Gasteiger partial charge in [-0.25, -0.2) is 0 Å². The summed E-state index contributed by atoms with van der Waals surface area (Å²) < 4.78 is 4.89. The minimum absolute atomic E-state index is 0.164. The SMILES string of the molecule is COc1nc(NC(C)=O)nc(N(C)C)n1. The predicted octanol–water partition coefficient (Wildman–Crippen LogP) is -0.0954. The number of hydrogen-bond acceptors (Lipinski definition) is 6. The van der Waals surface area contributed by atoms with Gasteiger partial charge in [-0.2, -0.15) is 15.0 Å². The zero-order valence-corrected chi connectivity index (χ0v) is 9.11. The van der Waals surface area contributed by atoms with Crippen molar-refractivity contribution in [2.45, 2.75) is 6.92 Å². The molecule has 0 radical (unpaired) electrons. The summed E-state index contributed by atoms with van der Waals surface area (Å²) in [4.78, 5) is 24.4. The Morgan fingerprint density at radius 1 is 1.33 bits per heavy atom. The van der Waals surface area contributed by atoms with E-state index in [1.807, 2.05) is 0 Å². The van der Waals surface area contributed by atoms with Gasteiger partial charge in [-0.15, -0.1) is 0 Å². The Labute approximate surface area is 87.5 Å². The van der Waals surface area contributed by atoms with Gasteiger partial charge in [0.05, 0.1) is 7.11 Å². The molecule has 0 bridgehead atoms. The van der Waals surface area contributed by atoms with Gasteiger partial charge < -0.3 is 9.64 Å². The molecule has 0 spiro atoms. The van der Waals surface area contributed by atoms with Gasteiger partial charge in [-0.1, -0.05) is 0 Å². The Balaban J connectivity index is 3.05. The monoisotopic (exact) mass is 211 g/mol. The third-order valence-electron chi connectivity index (χ3n) is 1.47. The van der Waals surface area contributed by atoms with Crippen molar-refractivity contribution in [3.63, 3.8) is 0 Å². The molecule has 1 N–H and O–H groups in total. The highest BCUT2D eigenvalue weighted by Gasteiger charge is 2.08. The van der Waals surface area contributed by atoms with E-state index in [0.29, 0.717) is 5.95 Å². The molecule has 0 aliphatic carbocycles. The van der Waals surface area contributed by atoms with Crippen LogP contribution < -0.4 is 15.0 Å². The van der Waals surface area contributed by atoms with Gasteiger partial charge in [-0.3, -0.25) is 10.1 Å². The van der Waals surface area contributed by atoms with Crippen molar-refractivity contribution in [3.05, 3.63) is 0 Å². The molecular weight excluding hydrogens is 198 g/mol. The van der Waals surface area contributed by atoms with Crippen molar-refractivity contribution < 1.29 is 9.53 Å². The fourth-order valence-corrected chi connectivity index (χ4v) is 0.850. The molecule has 1 amide bonds. The zero-order chi connectivity index (χ0) is 11.4. The van der Waals surface area contributed by atoms with Crippen LogP contribution in [0.3, 0.4) is 0 Å². The second kappa shape index (κ2) is 4.54. The number of anilines is 2. The van der Waals surface area contributed by atoms with Crippen LogP contribution in [0.4, 0.5) is 11.9 Å². The maximum absolute atomic E-state index is 10.8. The molecule has 1 heterocycles. The van der Waals surface area contributed by atoms with E-state index < -0.39 is 0 Å². The number of nitrogens with one attached hydrogen (secondary N) is 1. The molecule has 0 atom stereocenters. The average Bonchev–Trinajstić information content (AvgIpc) is 2.16. The molecule has 0 saturated carbocycles. The van der Waals surface area contributed by atoms with E-state index in [9.17, 15) is 4.79 Å². The number of hydrogen-bond donors (Lipinski definition) is 1. The lowest BCUT2D eigenvalue weighted by Gasteiger charge is -2.11. The third-order valence-corrected chi connectivity index (χ3v) is 1.47. The highest BCUT2D eigenvalue weighted by atomic mass is 16.5. The first kappa shape index (κ1) is 11.2. The number of rotatable bonds is 3. The van der Waals surface area contributed by atoms with Gasteiger partial charge >= 0.3 is 6.01 Å². The van der Waals surface area contributed by atoms with Gasteiger partial charge in [0.1, 0.15) is 0 Å². The Morgan fingerprint density at radius 2 is 2.00 bits per heavy atom. The van der Waals surface area contributed by atoms with E-state index in [1.54, 1.807) is 19.0 Å². The van der Waals surface area contributed by atoms with Crippen molar-refractivity contribution in [2.24, 2.45) is 0 Å². The lowest BCUT2D eigenvalue weighted by Crippen LogP contribution is -2.17. The lowest BCUT2D eigenvalue weighted by atomic mass is 10.7. The maximum atomic E-state index is 10.8. The normalized spacial score (nSPS) is 9.60. The Kier molecular flexibility index (Phi) is 3.37. The Morgan fingerprint density at radius 3 is 2.47 bits per heavy atom. The molecule has 15 heavy (non-hydrogen) atoms. The molecule has 0 aliphatic rings. The van der Waals surface area contributed by atoms with Gasteiger partial charge in [-0.05, 0) is 0 Å². The zero-order valence-electron chi connectivity index (χ0n) is 9.11. The summed E-state index contributed by atoms with van der Waals surface area (Å²) in [7, 11) is 5.02. The highest BCUT2D eigenvalue weighted by molar-refractivity contribution is 5.86. The van der Waals surface area contributed by atoms with Crippen LogP contribution in [-0.2, 0) is 4.79 Å². The quantitative estimate of drug-likeness (QED) is 0.752. The number of carbonyl (C=O) groups is 1. The van der Waals surface area contributed by atoms with Crippen LogP contribution in [-0.4, -0.2) is 42.1 Å². The summed E-state index contributed by atoms with van der Waals surface area (Å²) in [5, 5.41) is 2.47. The van der Waals surface area contributed by atoms with E-state index in [0.717, 1.165) is 0 Å². The number of amides is 1. The van der Waals surface area contributed by atoms with Crippen molar-refractivity contribution in [1.29, 1.82) is 0 Å². The summed E-state index contributed by atoms with van der Waals surface area (Å²) in [6.07, 6.45) is 0. The van der Waals surface area contributed by atoms with Crippen LogP contribution in [0, 0.1) is 0 Å². The van der Waals surface area contributed by atoms with Crippen molar-refractivity contribution in [2.75, 3.05) is 31.4 Å². The highest BCUT2D eigenvalue weighted by Crippen LogP contribution is 2.12. The summed E-state index contributed by atoms with van der Waals surface area (Å²) in [6, 6.07) is 0.164. The largest absolute Gasteiger partial charge is 0.467 e. The van der Waals surface area contributed by atoms with Crippen LogP contribution in [0.2, 0.25) is 0 Å².